The van der Waals surface area contributed by atoms with E-state index in [9.17, 15) is 14.4 Å². The standard InChI is InChI=1S/C9H14N2O5/c12-4-3-6(9(15)16)11-8(14)5-1-2-7(13)10-5/h5-6,12H,1-4H2,(H,10,13)(H,11,14)(H,15,16)/t5-,6-/m1/s1. The number of carbonyl (C=O) groups is 3. The maximum Gasteiger partial charge on any atom is 0.326 e. The van der Waals surface area contributed by atoms with Gasteiger partial charge in [-0.25, -0.2) is 4.79 Å². The second-order valence-electron chi connectivity index (χ2n) is 3.57. The van der Waals surface area contributed by atoms with Crippen molar-refractivity contribution in [3.05, 3.63) is 0 Å². The molecule has 1 heterocycles. The zero-order chi connectivity index (χ0) is 12.1. The molecule has 0 aliphatic carbocycles. The van der Waals surface area contributed by atoms with Crippen LogP contribution in [0, 0.1) is 0 Å². The number of aliphatic carboxylic acids is 1. The molecule has 1 fully saturated rings. The Morgan fingerprint density at radius 3 is 2.69 bits per heavy atom. The van der Waals surface area contributed by atoms with Crippen LogP contribution in [0.5, 0.6) is 0 Å². The number of carboxylic acids is 1. The summed E-state index contributed by atoms with van der Waals surface area (Å²) in [6.45, 7) is -0.325. The highest BCUT2D eigenvalue weighted by Crippen LogP contribution is 2.07. The summed E-state index contributed by atoms with van der Waals surface area (Å²) < 4.78 is 0. The Kier molecular flexibility index (Phi) is 4.24. The lowest BCUT2D eigenvalue weighted by molar-refractivity contribution is -0.142. The Morgan fingerprint density at radius 1 is 1.56 bits per heavy atom. The van der Waals surface area contributed by atoms with Gasteiger partial charge in [0.05, 0.1) is 0 Å². The first kappa shape index (κ1) is 12.4. The molecule has 0 bridgehead atoms. The molecule has 16 heavy (non-hydrogen) atoms. The first-order valence-corrected chi connectivity index (χ1v) is 4.98. The fourth-order valence-electron chi connectivity index (χ4n) is 1.47. The predicted octanol–water partition coefficient (Wildman–Crippen LogP) is -1.78. The van der Waals surface area contributed by atoms with Crippen LogP contribution in [0.1, 0.15) is 19.3 Å². The van der Waals surface area contributed by atoms with E-state index in [0.29, 0.717) is 6.42 Å². The van der Waals surface area contributed by atoms with Crippen molar-refractivity contribution in [2.45, 2.75) is 31.3 Å². The summed E-state index contributed by atoms with van der Waals surface area (Å²) in [6.07, 6.45) is 0.591. The van der Waals surface area contributed by atoms with E-state index in [0.717, 1.165) is 0 Å². The number of carboxylic acid groups (broad SMARTS) is 1. The van der Waals surface area contributed by atoms with E-state index in [2.05, 4.69) is 10.6 Å². The van der Waals surface area contributed by atoms with Crippen LogP contribution in [0.4, 0.5) is 0 Å². The van der Waals surface area contributed by atoms with E-state index in [1.807, 2.05) is 0 Å². The number of aliphatic hydroxyl groups excluding tert-OH is 1. The Balaban J connectivity index is 2.48. The van der Waals surface area contributed by atoms with Crippen LogP contribution in [0.2, 0.25) is 0 Å². The van der Waals surface area contributed by atoms with E-state index >= 15 is 0 Å². The molecule has 4 N–H and O–H groups in total. The largest absolute Gasteiger partial charge is 0.480 e. The van der Waals surface area contributed by atoms with E-state index in [1.165, 1.54) is 0 Å². The van der Waals surface area contributed by atoms with Gasteiger partial charge in [-0.3, -0.25) is 9.59 Å². The lowest BCUT2D eigenvalue weighted by Crippen LogP contribution is -2.49. The minimum Gasteiger partial charge on any atom is -0.480 e. The first-order valence-electron chi connectivity index (χ1n) is 4.98. The highest BCUT2D eigenvalue weighted by Gasteiger charge is 2.29. The van der Waals surface area contributed by atoms with Crippen LogP contribution in [-0.4, -0.2) is 46.7 Å². The average Bonchev–Trinajstić information content (AvgIpc) is 2.64. The maximum absolute atomic E-state index is 11.5. The van der Waals surface area contributed by atoms with Crippen LogP contribution in [0.15, 0.2) is 0 Å². The van der Waals surface area contributed by atoms with Crippen molar-refractivity contribution in [1.82, 2.24) is 10.6 Å². The number of carbonyl (C=O) groups excluding carboxylic acids is 2. The van der Waals surface area contributed by atoms with Gasteiger partial charge in [-0.05, 0) is 6.42 Å². The molecule has 1 rings (SSSR count). The molecular weight excluding hydrogens is 216 g/mol. The molecule has 2 atom stereocenters. The molecule has 0 unspecified atom stereocenters. The third-order valence-electron chi connectivity index (χ3n) is 2.34. The molecule has 1 aliphatic heterocycles. The molecule has 0 spiro atoms. The van der Waals surface area contributed by atoms with Crippen LogP contribution < -0.4 is 10.6 Å². The van der Waals surface area contributed by atoms with Crippen LogP contribution in [0.25, 0.3) is 0 Å². The molecular formula is C9H14N2O5. The van der Waals surface area contributed by atoms with Crippen molar-refractivity contribution in [3.8, 4) is 0 Å². The summed E-state index contributed by atoms with van der Waals surface area (Å²) in [6, 6.07) is -1.77. The maximum atomic E-state index is 11.5. The van der Waals surface area contributed by atoms with Crippen LogP contribution in [-0.2, 0) is 14.4 Å². The summed E-state index contributed by atoms with van der Waals surface area (Å²) in [5.74, 6) is -1.94. The smallest absolute Gasteiger partial charge is 0.326 e. The third kappa shape index (κ3) is 3.20. The monoisotopic (exact) mass is 230 g/mol. The van der Waals surface area contributed by atoms with Gasteiger partial charge in [0.2, 0.25) is 11.8 Å². The van der Waals surface area contributed by atoms with Crippen molar-refractivity contribution in [1.29, 1.82) is 0 Å². The van der Waals surface area contributed by atoms with Gasteiger partial charge in [-0.2, -0.15) is 0 Å². The number of hydrogen-bond acceptors (Lipinski definition) is 4. The highest BCUT2D eigenvalue weighted by atomic mass is 16.4. The molecule has 2 amide bonds. The Hall–Kier alpha value is -1.63. The summed E-state index contributed by atoms with van der Waals surface area (Å²) in [5, 5.41) is 22.1. The average molecular weight is 230 g/mol. The summed E-state index contributed by atoms with van der Waals surface area (Å²) in [7, 11) is 0. The first-order chi connectivity index (χ1) is 7.54. The third-order valence-corrected chi connectivity index (χ3v) is 2.34. The molecule has 0 aromatic heterocycles. The number of hydrogen-bond donors (Lipinski definition) is 4. The van der Waals surface area contributed by atoms with Crippen molar-refractivity contribution >= 4 is 17.8 Å². The molecule has 1 saturated heterocycles. The van der Waals surface area contributed by atoms with Gasteiger partial charge in [-0.15, -0.1) is 0 Å². The second-order valence-corrected chi connectivity index (χ2v) is 3.57. The number of aliphatic hydroxyl groups is 1. The van der Waals surface area contributed by atoms with Gasteiger partial charge < -0.3 is 20.8 Å². The molecule has 0 saturated carbocycles. The Morgan fingerprint density at radius 2 is 2.25 bits per heavy atom. The number of nitrogens with one attached hydrogen (secondary N) is 2. The lowest BCUT2D eigenvalue weighted by atomic mass is 10.1. The van der Waals surface area contributed by atoms with Gasteiger partial charge in [0.25, 0.3) is 0 Å². The van der Waals surface area contributed by atoms with Gasteiger partial charge in [-0.1, -0.05) is 0 Å². The second kappa shape index (κ2) is 5.45. The highest BCUT2D eigenvalue weighted by molar-refractivity contribution is 5.92. The van der Waals surface area contributed by atoms with Gasteiger partial charge in [0, 0.05) is 19.4 Å². The van der Waals surface area contributed by atoms with E-state index in [4.69, 9.17) is 10.2 Å². The van der Waals surface area contributed by atoms with Crippen LogP contribution in [0.3, 0.4) is 0 Å². The molecule has 7 nitrogen and oxygen atoms in total. The lowest BCUT2D eigenvalue weighted by Gasteiger charge is -2.16. The fourth-order valence-corrected chi connectivity index (χ4v) is 1.47. The number of rotatable bonds is 5. The number of amides is 2. The predicted molar refractivity (Wildman–Crippen MR) is 52.4 cm³/mol. The molecule has 90 valence electrons. The van der Waals surface area contributed by atoms with Gasteiger partial charge >= 0.3 is 5.97 Å². The molecule has 0 radical (unpaired) electrons. The van der Waals surface area contributed by atoms with E-state index in [1.54, 1.807) is 0 Å². The quantitative estimate of drug-likeness (QED) is 0.445. The van der Waals surface area contributed by atoms with Crippen LogP contribution >= 0.6 is 0 Å². The SMILES string of the molecule is O=C1CC[C@H](C(=O)N[C@H](CCO)C(=O)O)N1. The minimum atomic E-state index is -1.20. The molecule has 1 aliphatic rings. The minimum absolute atomic E-state index is 0.0538. The molecule has 0 aromatic rings. The molecule has 0 aromatic carbocycles. The Bertz CT molecular complexity index is 304. The van der Waals surface area contributed by atoms with Crippen molar-refractivity contribution in [3.63, 3.8) is 0 Å². The summed E-state index contributed by atoms with van der Waals surface area (Å²) in [4.78, 5) is 33.1. The normalized spacial score (nSPS) is 21.3. The summed E-state index contributed by atoms with van der Waals surface area (Å²) >= 11 is 0. The zero-order valence-electron chi connectivity index (χ0n) is 8.60. The van der Waals surface area contributed by atoms with Crippen molar-refractivity contribution < 1.29 is 24.6 Å². The summed E-state index contributed by atoms with van der Waals surface area (Å²) in [5.41, 5.74) is 0. The Labute approximate surface area is 91.8 Å². The van der Waals surface area contributed by atoms with Gasteiger partial charge in [0.15, 0.2) is 0 Å². The van der Waals surface area contributed by atoms with E-state index in [-0.39, 0.29) is 25.4 Å². The van der Waals surface area contributed by atoms with Gasteiger partial charge in [0.1, 0.15) is 12.1 Å². The fraction of sp³-hybridized carbons (Fsp3) is 0.667. The van der Waals surface area contributed by atoms with Crippen molar-refractivity contribution in [2.24, 2.45) is 0 Å². The molecule has 7 heteroatoms. The topological polar surface area (TPSA) is 116 Å². The zero-order valence-corrected chi connectivity index (χ0v) is 8.60. The van der Waals surface area contributed by atoms with E-state index < -0.39 is 24.0 Å². The van der Waals surface area contributed by atoms with Crippen molar-refractivity contribution in [2.75, 3.05) is 6.61 Å².